The number of rotatable bonds is 4. The summed E-state index contributed by atoms with van der Waals surface area (Å²) in [4.78, 5) is 0.239. The van der Waals surface area contributed by atoms with Gasteiger partial charge in [-0.05, 0) is 29.8 Å². The Morgan fingerprint density at radius 3 is 2.23 bits per heavy atom. The number of hydrogen-bond donors (Lipinski definition) is 2. The first kappa shape index (κ1) is 15.7. The first-order valence-electron chi connectivity index (χ1n) is 6.85. The molecular formula is C16H16BrNO3S. The van der Waals surface area contributed by atoms with E-state index in [1.165, 1.54) is 0 Å². The molecule has 0 amide bonds. The monoisotopic (exact) mass is 381 g/mol. The maximum atomic E-state index is 12.8. The van der Waals surface area contributed by atoms with Gasteiger partial charge in [-0.25, -0.2) is 8.42 Å². The second kappa shape index (κ2) is 5.45. The average Bonchev–Trinajstić information content (AvgIpc) is 3.17. The molecule has 0 aliphatic heterocycles. The molecule has 2 aromatic rings. The minimum atomic E-state index is -3.59. The van der Waals surface area contributed by atoms with Gasteiger partial charge in [-0.1, -0.05) is 46.3 Å². The first-order chi connectivity index (χ1) is 10.4. The minimum Gasteiger partial charge on any atom is -0.394 e. The van der Waals surface area contributed by atoms with Crippen molar-refractivity contribution < 1.29 is 13.5 Å². The van der Waals surface area contributed by atoms with Crippen molar-refractivity contribution in [3.63, 3.8) is 0 Å². The van der Waals surface area contributed by atoms with Gasteiger partial charge in [0.1, 0.15) is 0 Å². The van der Waals surface area contributed by atoms with Gasteiger partial charge in [0.15, 0.2) is 9.84 Å². The highest BCUT2D eigenvalue weighted by Gasteiger charge is 2.68. The van der Waals surface area contributed by atoms with Gasteiger partial charge in [0.25, 0.3) is 0 Å². The number of aliphatic hydroxyl groups is 1. The van der Waals surface area contributed by atoms with Gasteiger partial charge < -0.3 is 10.8 Å². The smallest absolute Gasteiger partial charge is 0.183 e. The van der Waals surface area contributed by atoms with Crippen LogP contribution in [0.25, 0.3) is 0 Å². The van der Waals surface area contributed by atoms with Crippen molar-refractivity contribution >= 4 is 25.8 Å². The van der Waals surface area contributed by atoms with Crippen molar-refractivity contribution in [1.82, 2.24) is 0 Å². The molecule has 1 saturated carbocycles. The molecule has 22 heavy (non-hydrogen) atoms. The molecular weight excluding hydrogens is 366 g/mol. The van der Waals surface area contributed by atoms with Gasteiger partial charge in [0, 0.05) is 10.4 Å². The Balaban J connectivity index is 2.02. The predicted molar refractivity (Wildman–Crippen MR) is 88.3 cm³/mol. The van der Waals surface area contributed by atoms with E-state index in [9.17, 15) is 13.5 Å². The van der Waals surface area contributed by atoms with Crippen molar-refractivity contribution in [2.24, 2.45) is 5.73 Å². The van der Waals surface area contributed by atoms with Crippen LogP contribution in [0.3, 0.4) is 0 Å². The summed E-state index contributed by atoms with van der Waals surface area (Å²) in [6, 6.07) is 15.6. The van der Waals surface area contributed by atoms with Gasteiger partial charge in [0.2, 0.25) is 0 Å². The van der Waals surface area contributed by atoms with Crippen molar-refractivity contribution in [2.45, 2.75) is 21.6 Å². The fourth-order valence-electron chi connectivity index (χ4n) is 2.99. The van der Waals surface area contributed by atoms with Crippen LogP contribution < -0.4 is 5.73 Å². The van der Waals surface area contributed by atoms with Gasteiger partial charge >= 0.3 is 0 Å². The molecule has 0 bridgehead atoms. The second-order valence-electron chi connectivity index (χ2n) is 5.58. The number of halogens is 1. The molecule has 4 nitrogen and oxygen atoms in total. The summed E-state index contributed by atoms with van der Waals surface area (Å²) in [6.07, 6.45) is 0. The van der Waals surface area contributed by atoms with Crippen molar-refractivity contribution in [3.8, 4) is 0 Å². The van der Waals surface area contributed by atoms with Crippen LogP contribution in [0.2, 0.25) is 0 Å². The fraction of sp³-hybridized carbons (Fsp3) is 0.250. The SMILES string of the molecule is N[C@]1(CO)[C@H](c2ccc(Br)cc2)[C@@H]1S(=O)(=O)c1ccccc1. The lowest BCUT2D eigenvalue weighted by Crippen LogP contribution is -2.35. The molecule has 1 aliphatic carbocycles. The number of nitrogens with two attached hydrogens (primary N) is 1. The Bertz CT molecular complexity index is 777. The maximum Gasteiger partial charge on any atom is 0.183 e. The molecule has 0 unspecified atom stereocenters. The topological polar surface area (TPSA) is 80.4 Å². The van der Waals surface area contributed by atoms with Crippen molar-refractivity contribution in [2.75, 3.05) is 6.61 Å². The summed E-state index contributed by atoms with van der Waals surface area (Å²) < 4.78 is 26.5. The van der Waals surface area contributed by atoms with E-state index in [2.05, 4.69) is 15.9 Å². The highest BCUT2D eigenvalue weighted by Crippen LogP contribution is 2.55. The van der Waals surface area contributed by atoms with Crippen LogP contribution in [-0.2, 0) is 9.84 Å². The van der Waals surface area contributed by atoms with Crippen LogP contribution in [0.1, 0.15) is 11.5 Å². The molecule has 1 aliphatic rings. The Labute approximate surface area is 138 Å². The summed E-state index contributed by atoms with van der Waals surface area (Å²) >= 11 is 3.35. The fourth-order valence-corrected chi connectivity index (χ4v) is 5.57. The molecule has 0 radical (unpaired) electrons. The average molecular weight is 382 g/mol. The van der Waals surface area contributed by atoms with Crippen LogP contribution in [-0.4, -0.2) is 30.9 Å². The van der Waals surface area contributed by atoms with E-state index in [1.54, 1.807) is 30.3 Å². The van der Waals surface area contributed by atoms with Crippen LogP contribution in [0.15, 0.2) is 64.0 Å². The summed E-state index contributed by atoms with van der Waals surface area (Å²) in [5, 5.41) is 8.82. The zero-order chi connectivity index (χ0) is 16.0. The highest BCUT2D eigenvalue weighted by atomic mass is 79.9. The zero-order valence-electron chi connectivity index (χ0n) is 11.7. The number of benzene rings is 2. The lowest BCUT2D eigenvalue weighted by atomic mass is 10.1. The lowest BCUT2D eigenvalue weighted by Gasteiger charge is -2.08. The van der Waals surface area contributed by atoms with Gasteiger partial charge in [0.05, 0.1) is 22.3 Å². The first-order valence-corrected chi connectivity index (χ1v) is 9.19. The number of sulfone groups is 1. The Hall–Kier alpha value is -1.21. The lowest BCUT2D eigenvalue weighted by molar-refractivity contribution is 0.253. The minimum absolute atomic E-state index is 0.239. The van der Waals surface area contributed by atoms with Crippen molar-refractivity contribution in [3.05, 3.63) is 64.6 Å². The van der Waals surface area contributed by atoms with E-state index in [-0.39, 0.29) is 11.5 Å². The molecule has 0 heterocycles. The summed E-state index contributed by atoms with van der Waals surface area (Å²) in [5.74, 6) is -0.407. The van der Waals surface area contributed by atoms with E-state index in [0.29, 0.717) is 0 Å². The molecule has 0 spiro atoms. The number of hydrogen-bond acceptors (Lipinski definition) is 4. The zero-order valence-corrected chi connectivity index (χ0v) is 14.1. The maximum absolute atomic E-state index is 12.8. The van der Waals surface area contributed by atoms with E-state index in [4.69, 9.17) is 5.73 Å². The largest absolute Gasteiger partial charge is 0.394 e. The Morgan fingerprint density at radius 1 is 1.09 bits per heavy atom. The molecule has 3 N–H and O–H groups in total. The quantitative estimate of drug-likeness (QED) is 0.849. The van der Waals surface area contributed by atoms with Crippen LogP contribution in [0.4, 0.5) is 0 Å². The van der Waals surface area contributed by atoms with Crippen LogP contribution >= 0.6 is 15.9 Å². The molecule has 2 aromatic carbocycles. The second-order valence-corrected chi connectivity index (χ2v) is 8.56. The van der Waals surface area contributed by atoms with Crippen LogP contribution in [0, 0.1) is 0 Å². The molecule has 0 aromatic heterocycles. The summed E-state index contributed by atoms with van der Waals surface area (Å²) in [6.45, 7) is -0.371. The third-order valence-electron chi connectivity index (χ3n) is 4.21. The molecule has 0 saturated heterocycles. The highest BCUT2D eigenvalue weighted by molar-refractivity contribution is 9.10. The number of aliphatic hydroxyl groups excluding tert-OH is 1. The van der Waals surface area contributed by atoms with Gasteiger partial charge in [-0.2, -0.15) is 0 Å². The third-order valence-corrected chi connectivity index (χ3v) is 7.05. The van der Waals surface area contributed by atoms with Gasteiger partial charge in [-0.15, -0.1) is 0 Å². The van der Waals surface area contributed by atoms with E-state index < -0.39 is 26.5 Å². The summed E-state index contributed by atoms with van der Waals surface area (Å²) in [5.41, 5.74) is 5.87. The van der Waals surface area contributed by atoms with Crippen LogP contribution in [0.5, 0.6) is 0 Å². The molecule has 3 atom stereocenters. The molecule has 3 rings (SSSR count). The molecule has 116 valence electrons. The van der Waals surface area contributed by atoms with Crippen molar-refractivity contribution in [1.29, 1.82) is 0 Å². The van der Waals surface area contributed by atoms with E-state index >= 15 is 0 Å². The van der Waals surface area contributed by atoms with E-state index in [0.717, 1.165) is 10.0 Å². The van der Waals surface area contributed by atoms with E-state index in [1.807, 2.05) is 24.3 Å². The normalized spacial score (nSPS) is 27.6. The standard InChI is InChI=1S/C16H16BrNO3S/c17-12-8-6-11(7-9-12)14-15(16(14,18)10-19)22(20,21)13-4-2-1-3-5-13/h1-9,14-15,19H,10,18H2/t14-,15+,16-/m1/s1. The Morgan fingerprint density at radius 2 is 1.68 bits per heavy atom. The predicted octanol–water partition coefficient (Wildman–Crippen LogP) is 2.08. The summed E-state index contributed by atoms with van der Waals surface area (Å²) in [7, 11) is -3.59. The molecule has 6 heteroatoms. The molecule has 1 fully saturated rings. The third kappa shape index (κ3) is 2.40. The Kier molecular flexibility index (Phi) is 3.89. The van der Waals surface area contributed by atoms with Gasteiger partial charge in [-0.3, -0.25) is 0 Å².